The van der Waals surface area contributed by atoms with E-state index in [9.17, 15) is 18.0 Å². The number of hydrogen-bond acceptors (Lipinski definition) is 6. The minimum atomic E-state index is -3.57. The Morgan fingerprint density at radius 2 is 1.67 bits per heavy atom. The molecule has 0 radical (unpaired) electrons. The molecule has 1 fully saturated rings. The van der Waals surface area contributed by atoms with Gasteiger partial charge in [0, 0.05) is 29.8 Å². The summed E-state index contributed by atoms with van der Waals surface area (Å²) in [6.45, 7) is 1.02. The summed E-state index contributed by atoms with van der Waals surface area (Å²) in [5.74, 6) is -1.02. The van der Waals surface area contributed by atoms with Gasteiger partial charge in [-0.15, -0.1) is 0 Å². The van der Waals surface area contributed by atoms with Gasteiger partial charge in [0.2, 0.25) is 10.0 Å². The highest BCUT2D eigenvalue weighted by Gasteiger charge is 2.25. The van der Waals surface area contributed by atoms with Crippen molar-refractivity contribution in [1.82, 2.24) is 4.31 Å². The molecule has 1 heterocycles. The maximum Gasteiger partial charge on any atom is 0.331 e. The van der Waals surface area contributed by atoms with Crippen molar-refractivity contribution in [3.63, 3.8) is 0 Å². The van der Waals surface area contributed by atoms with Crippen molar-refractivity contribution < 1.29 is 27.5 Å². The first-order valence-corrected chi connectivity index (χ1v) is 11.0. The molecular formula is C21H20ClNO6S. The van der Waals surface area contributed by atoms with Crippen molar-refractivity contribution in [2.45, 2.75) is 4.90 Å². The number of ketones is 1. The highest BCUT2D eigenvalue weighted by atomic mass is 35.5. The summed E-state index contributed by atoms with van der Waals surface area (Å²) in [6, 6.07) is 12.4. The number of nitrogens with zero attached hydrogens (tertiary/aromatic N) is 1. The Kier molecular flexibility index (Phi) is 7.38. The number of hydrogen-bond donors (Lipinski definition) is 0. The second kappa shape index (κ2) is 9.99. The molecule has 1 aliphatic heterocycles. The lowest BCUT2D eigenvalue weighted by Crippen LogP contribution is -2.40. The smallest absolute Gasteiger partial charge is 0.331 e. The van der Waals surface area contributed by atoms with Crippen LogP contribution in [0.15, 0.2) is 59.5 Å². The van der Waals surface area contributed by atoms with Crippen molar-refractivity contribution in [3.8, 4) is 0 Å². The van der Waals surface area contributed by atoms with E-state index in [2.05, 4.69) is 0 Å². The van der Waals surface area contributed by atoms with E-state index in [0.717, 1.165) is 0 Å². The lowest BCUT2D eigenvalue weighted by atomic mass is 10.1. The highest BCUT2D eigenvalue weighted by Crippen LogP contribution is 2.18. The van der Waals surface area contributed by atoms with Crippen LogP contribution >= 0.6 is 11.6 Å². The molecule has 0 atom stereocenters. The summed E-state index contributed by atoms with van der Waals surface area (Å²) in [5.41, 5.74) is 1.02. The van der Waals surface area contributed by atoms with Gasteiger partial charge < -0.3 is 9.47 Å². The van der Waals surface area contributed by atoms with Crippen LogP contribution < -0.4 is 0 Å². The molecule has 9 heteroatoms. The zero-order chi connectivity index (χ0) is 21.6. The number of benzene rings is 2. The van der Waals surface area contributed by atoms with E-state index in [1.807, 2.05) is 0 Å². The molecule has 7 nitrogen and oxygen atoms in total. The molecule has 1 saturated heterocycles. The summed E-state index contributed by atoms with van der Waals surface area (Å²) >= 11 is 5.77. The molecular weight excluding hydrogens is 430 g/mol. The summed E-state index contributed by atoms with van der Waals surface area (Å²) in [6.07, 6.45) is 2.67. The molecule has 0 bridgehead atoms. The van der Waals surface area contributed by atoms with Crippen LogP contribution in [0.3, 0.4) is 0 Å². The maximum atomic E-state index is 12.6. The third-order valence-electron chi connectivity index (χ3n) is 4.41. The summed E-state index contributed by atoms with van der Waals surface area (Å²) < 4.78 is 36.7. The minimum Gasteiger partial charge on any atom is -0.454 e. The third-order valence-corrected chi connectivity index (χ3v) is 6.58. The maximum absolute atomic E-state index is 12.6. The van der Waals surface area contributed by atoms with Gasteiger partial charge in [-0.05, 0) is 48.0 Å². The van der Waals surface area contributed by atoms with E-state index < -0.39 is 16.0 Å². The summed E-state index contributed by atoms with van der Waals surface area (Å²) in [7, 11) is -3.57. The third kappa shape index (κ3) is 5.76. The van der Waals surface area contributed by atoms with Crippen molar-refractivity contribution in [2.24, 2.45) is 0 Å². The first-order chi connectivity index (χ1) is 14.4. The molecule has 3 rings (SSSR count). The van der Waals surface area contributed by atoms with E-state index in [-0.39, 0.29) is 17.3 Å². The van der Waals surface area contributed by atoms with Crippen LogP contribution in [0.1, 0.15) is 15.9 Å². The highest BCUT2D eigenvalue weighted by molar-refractivity contribution is 7.89. The van der Waals surface area contributed by atoms with Crippen molar-refractivity contribution >= 4 is 39.5 Å². The lowest BCUT2D eigenvalue weighted by molar-refractivity contribution is -0.136. The largest absolute Gasteiger partial charge is 0.454 e. The fraction of sp³-hybridized carbons (Fsp3) is 0.238. The van der Waals surface area contributed by atoms with E-state index in [1.165, 1.54) is 28.6 Å². The minimum absolute atomic E-state index is 0.178. The van der Waals surface area contributed by atoms with Gasteiger partial charge in [-0.1, -0.05) is 23.7 Å². The molecule has 0 amide bonds. The Morgan fingerprint density at radius 1 is 1.03 bits per heavy atom. The Bertz CT molecular complexity index is 1030. The molecule has 2 aromatic carbocycles. The average Bonchev–Trinajstić information content (AvgIpc) is 2.77. The van der Waals surface area contributed by atoms with Gasteiger partial charge >= 0.3 is 5.97 Å². The molecule has 0 spiro atoms. The Hall–Kier alpha value is -2.52. The lowest BCUT2D eigenvalue weighted by Gasteiger charge is -2.26. The number of ether oxygens (including phenoxy) is 2. The van der Waals surface area contributed by atoms with Crippen molar-refractivity contribution in [2.75, 3.05) is 32.9 Å². The number of esters is 1. The Labute approximate surface area is 179 Å². The average molecular weight is 450 g/mol. The molecule has 0 saturated carbocycles. The summed E-state index contributed by atoms with van der Waals surface area (Å²) in [4.78, 5) is 24.0. The Morgan fingerprint density at radius 3 is 2.30 bits per heavy atom. The monoisotopic (exact) mass is 449 g/mol. The van der Waals surface area contributed by atoms with Gasteiger partial charge in [0.05, 0.1) is 18.1 Å². The predicted octanol–water partition coefficient (Wildman–Crippen LogP) is 2.80. The van der Waals surface area contributed by atoms with Crippen LogP contribution in [0.2, 0.25) is 5.02 Å². The first kappa shape index (κ1) is 22.2. The first-order valence-electron chi connectivity index (χ1n) is 9.18. The van der Waals surface area contributed by atoms with Crippen LogP contribution in [0.25, 0.3) is 6.08 Å². The van der Waals surface area contributed by atoms with Crippen molar-refractivity contribution in [3.05, 3.63) is 70.8 Å². The molecule has 0 unspecified atom stereocenters. The Balaban J connectivity index is 1.54. The molecule has 2 aromatic rings. The van der Waals surface area contributed by atoms with E-state index in [1.54, 1.807) is 36.4 Å². The van der Waals surface area contributed by atoms with Crippen LogP contribution in [0.4, 0.5) is 0 Å². The number of carbonyl (C=O) groups excluding carboxylic acids is 2. The molecule has 0 aromatic heterocycles. The van der Waals surface area contributed by atoms with Crippen LogP contribution in [-0.4, -0.2) is 57.4 Å². The molecule has 0 N–H and O–H groups in total. The quantitative estimate of drug-likeness (QED) is 0.367. The standard InChI is InChI=1S/C21H20ClNO6S/c22-18-6-4-17(5-7-18)20(24)15-29-21(25)10-3-16-1-8-19(9-2-16)30(26,27)23-11-13-28-14-12-23/h1-10H,11-15H2/b10-3+. The van der Waals surface area contributed by atoms with Gasteiger partial charge in [0.25, 0.3) is 0 Å². The van der Waals surface area contributed by atoms with E-state index >= 15 is 0 Å². The van der Waals surface area contributed by atoms with E-state index in [0.29, 0.717) is 42.5 Å². The topological polar surface area (TPSA) is 90.0 Å². The zero-order valence-electron chi connectivity index (χ0n) is 16.0. The predicted molar refractivity (Wildman–Crippen MR) is 112 cm³/mol. The zero-order valence-corrected chi connectivity index (χ0v) is 17.6. The van der Waals surface area contributed by atoms with Gasteiger partial charge in [-0.2, -0.15) is 4.31 Å². The number of rotatable bonds is 7. The fourth-order valence-corrected chi connectivity index (χ4v) is 4.29. The second-order valence-electron chi connectivity index (χ2n) is 6.46. The number of halogens is 1. The van der Waals surface area contributed by atoms with Gasteiger partial charge in [-0.25, -0.2) is 13.2 Å². The van der Waals surface area contributed by atoms with Crippen molar-refractivity contribution in [1.29, 1.82) is 0 Å². The number of carbonyl (C=O) groups is 2. The molecule has 0 aliphatic carbocycles. The molecule has 30 heavy (non-hydrogen) atoms. The fourth-order valence-electron chi connectivity index (χ4n) is 2.76. The number of morpholine rings is 1. The van der Waals surface area contributed by atoms with Gasteiger partial charge in [0.1, 0.15) is 0 Å². The molecule has 1 aliphatic rings. The van der Waals surface area contributed by atoms with Gasteiger partial charge in [-0.3, -0.25) is 4.79 Å². The SMILES string of the molecule is O=C(/C=C/c1ccc(S(=O)(=O)N2CCOCC2)cc1)OCC(=O)c1ccc(Cl)cc1. The summed E-state index contributed by atoms with van der Waals surface area (Å²) in [5, 5.41) is 0.509. The number of sulfonamides is 1. The van der Waals surface area contributed by atoms with Crippen LogP contribution in [-0.2, 0) is 24.3 Å². The second-order valence-corrected chi connectivity index (χ2v) is 8.83. The number of Topliss-reactive ketones (excluding diaryl/α,β-unsaturated/α-hetero) is 1. The van der Waals surface area contributed by atoms with Crippen LogP contribution in [0.5, 0.6) is 0 Å². The van der Waals surface area contributed by atoms with E-state index in [4.69, 9.17) is 21.1 Å². The molecule has 158 valence electrons. The van der Waals surface area contributed by atoms with Gasteiger partial charge in [0.15, 0.2) is 12.4 Å². The van der Waals surface area contributed by atoms with Crippen LogP contribution in [0, 0.1) is 0 Å². The normalized spacial score (nSPS) is 15.2.